The van der Waals surface area contributed by atoms with Gasteiger partial charge in [0.2, 0.25) is 11.5 Å². The first-order chi connectivity index (χ1) is 22.5. The first-order valence-electron chi connectivity index (χ1n) is 15.9. The number of aromatic nitrogens is 1. The lowest BCUT2D eigenvalue weighted by Crippen LogP contribution is -2.72. The molecule has 17 nitrogen and oxygen atoms in total. The molecule has 1 aromatic rings. The molecule has 1 aromatic heterocycles. The van der Waals surface area contributed by atoms with E-state index in [-0.39, 0.29) is 16.5 Å². The predicted molar refractivity (Wildman–Crippen MR) is 183 cm³/mol. The van der Waals surface area contributed by atoms with E-state index in [1.165, 1.54) is 19.2 Å². The van der Waals surface area contributed by atoms with Gasteiger partial charge in [-0.3, -0.25) is 14.9 Å². The van der Waals surface area contributed by atoms with Crippen molar-refractivity contribution in [2.24, 2.45) is 5.16 Å². The van der Waals surface area contributed by atoms with Crippen molar-refractivity contribution in [3.8, 4) is 0 Å². The van der Waals surface area contributed by atoms with E-state index in [9.17, 15) is 24.0 Å². The number of rotatable bonds is 15. The Morgan fingerprint density at radius 1 is 0.837 bits per heavy atom. The van der Waals surface area contributed by atoms with E-state index in [0.717, 1.165) is 11.3 Å². The average molecular weight is 713 g/mol. The van der Waals surface area contributed by atoms with Crippen LogP contribution < -0.4 is 31.9 Å². The molecule has 1 aliphatic rings. The van der Waals surface area contributed by atoms with Crippen molar-refractivity contribution in [3.05, 3.63) is 11.1 Å². The Hall–Kier alpha value is -4.03. The lowest BCUT2D eigenvalue weighted by atomic mass is 9.98. The number of ether oxygens (including phenoxy) is 3. The monoisotopic (exact) mass is 712 g/mol. The number of β-lactam (4-membered cyclic amide) rings is 1. The maximum absolute atomic E-state index is 13.5. The van der Waals surface area contributed by atoms with Gasteiger partial charge in [0.1, 0.15) is 28.5 Å². The number of oxime groups is 1. The van der Waals surface area contributed by atoms with Gasteiger partial charge in [-0.25, -0.2) is 19.4 Å². The topological polar surface area (TPSA) is 220 Å². The lowest BCUT2D eigenvalue weighted by molar-refractivity contribution is -0.179. The maximum atomic E-state index is 13.5. The zero-order valence-corrected chi connectivity index (χ0v) is 31.1. The van der Waals surface area contributed by atoms with Crippen LogP contribution in [-0.4, -0.2) is 108 Å². The quantitative estimate of drug-likeness (QED) is 0.0384. The van der Waals surface area contributed by atoms with Crippen molar-refractivity contribution in [2.75, 3.05) is 38.0 Å². The highest BCUT2D eigenvalue weighted by Gasteiger charge is 2.41. The Morgan fingerprint density at radius 2 is 1.41 bits per heavy atom. The van der Waals surface area contributed by atoms with Gasteiger partial charge >= 0.3 is 18.2 Å². The van der Waals surface area contributed by atoms with Gasteiger partial charge in [-0.05, 0) is 76.2 Å². The third-order valence-corrected chi connectivity index (χ3v) is 6.69. The molecule has 0 aliphatic carbocycles. The molecular weight excluding hydrogens is 660 g/mol. The van der Waals surface area contributed by atoms with Gasteiger partial charge in [-0.1, -0.05) is 5.16 Å². The molecule has 1 aliphatic heterocycles. The molecule has 49 heavy (non-hydrogen) atoms. The molecule has 0 saturated carbocycles. The summed E-state index contributed by atoms with van der Waals surface area (Å²) < 4.78 is 15.9. The fourth-order valence-electron chi connectivity index (χ4n) is 3.75. The summed E-state index contributed by atoms with van der Waals surface area (Å²) in [4.78, 5) is 72.5. The number of hydrogen-bond donors (Lipinski definition) is 6. The number of hydrogen-bond acceptors (Lipinski definition) is 14. The molecule has 18 heteroatoms. The van der Waals surface area contributed by atoms with E-state index in [2.05, 4.69) is 42.0 Å². The van der Waals surface area contributed by atoms with E-state index in [0.29, 0.717) is 32.7 Å². The standard InChI is InChI=1S/C31H52N8O9S/c1-28(2,3)45-24(42)31(10,11)48-39-21(19-17-49-25(36-19)38-27(44)47-30(7,8)9)23(41)37-20-18(35-22(20)40)16-33-13-12-32-14-15-34-26(43)46-29(4,5)6/h17-18,20,32-33H,12-16H2,1-11H3,(H,34,43)(H,35,40)(H,37,41)(H,36,38,44)/t18-,20+/m1/s1. The summed E-state index contributed by atoms with van der Waals surface area (Å²) >= 11 is 1.01. The second-order valence-corrected chi connectivity index (χ2v) is 15.5. The molecule has 6 N–H and O–H groups in total. The number of carbonyl (C=O) groups is 5. The number of carbonyl (C=O) groups excluding carboxylic acids is 5. The number of thiazole rings is 1. The summed E-state index contributed by atoms with van der Waals surface area (Å²) in [5.41, 5.74) is -4.01. The maximum Gasteiger partial charge on any atom is 0.413 e. The molecule has 4 amide bonds. The minimum Gasteiger partial charge on any atom is -0.457 e. The lowest BCUT2D eigenvalue weighted by Gasteiger charge is -2.37. The number of alkyl carbamates (subject to hydrolysis) is 1. The predicted octanol–water partition coefficient (Wildman–Crippen LogP) is 2.02. The van der Waals surface area contributed by atoms with Crippen molar-refractivity contribution in [3.63, 3.8) is 0 Å². The van der Waals surface area contributed by atoms with Crippen LogP contribution in [0.1, 0.15) is 81.9 Å². The van der Waals surface area contributed by atoms with Crippen LogP contribution in [0.25, 0.3) is 0 Å². The summed E-state index contributed by atoms with van der Waals surface area (Å²) in [5, 5.41) is 22.5. The summed E-state index contributed by atoms with van der Waals surface area (Å²) in [7, 11) is 0. The smallest absolute Gasteiger partial charge is 0.413 e. The largest absolute Gasteiger partial charge is 0.457 e. The van der Waals surface area contributed by atoms with Crippen molar-refractivity contribution >= 4 is 52.2 Å². The number of nitrogens with one attached hydrogen (secondary N) is 6. The highest BCUT2D eigenvalue weighted by Crippen LogP contribution is 2.21. The zero-order valence-electron chi connectivity index (χ0n) is 30.2. The highest BCUT2D eigenvalue weighted by molar-refractivity contribution is 7.14. The summed E-state index contributed by atoms with van der Waals surface area (Å²) in [5.74, 6) is -1.91. The Kier molecular flexibility index (Phi) is 14.3. The molecule has 2 rings (SSSR count). The summed E-state index contributed by atoms with van der Waals surface area (Å²) in [6.45, 7) is 20.9. The van der Waals surface area contributed by atoms with E-state index in [1.54, 1.807) is 62.3 Å². The Bertz CT molecular complexity index is 1360. The van der Waals surface area contributed by atoms with Gasteiger partial charge in [-0.2, -0.15) is 0 Å². The summed E-state index contributed by atoms with van der Waals surface area (Å²) in [6, 6.07) is -1.32. The third kappa shape index (κ3) is 15.4. The highest BCUT2D eigenvalue weighted by atomic mass is 32.1. The van der Waals surface area contributed by atoms with Crippen LogP contribution >= 0.6 is 11.3 Å². The Balaban J connectivity index is 2.03. The molecule has 0 spiro atoms. The first-order valence-corrected chi connectivity index (χ1v) is 16.8. The number of esters is 1. The summed E-state index contributed by atoms with van der Waals surface area (Å²) in [6.07, 6.45) is -1.23. The number of nitrogens with zero attached hydrogens (tertiary/aromatic N) is 2. The molecule has 0 unspecified atom stereocenters. The minimum absolute atomic E-state index is 0.0233. The van der Waals surface area contributed by atoms with Crippen LogP contribution in [0.15, 0.2) is 10.5 Å². The minimum atomic E-state index is -1.59. The number of anilines is 1. The van der Waals surface area contributed by atoms with Crippen LogP contribution in [-0.2, 0) is 33.4 Å². The number of amides is 4. The van der Waals surface area contributed by atoms with Crippen molar-refractivity contribution in [2.45, 2.75) is 111 Å². The fraction of sp³-hybridized carbons (Fsp3) is 0.710. The first kappa shape index (κ1) is 41.1. The molecule has 2 atom stereocenters. The third-order valence-electron chi connectivity index (χ3n) is 5.94. The van der Waals surface area contributed by atoms with E-state index >= 15 is 0 Å². The Morgan fingerprint density at radius 3 is 2.00 bits per heavy atom. The second-order valence-electron chi connectivity index (χ2n) is 14.7. The van der Waals surface area contributed by atoms with Crippen molar-refractivity contribution in [1.82, 2.24) is 31.6 Å². The van der Waals surface area contributed by atoms with Gasteiger partial charge in [-0.15, -0.1) is 11.3 Å². The van der Waals surface area contributed by atoms with Crippen molar-refractivity contribution in [1.29, 1.82) is 0 Å². The van der Waals surface area contributed by atoms with Crippen LogP contribution in [0.5, 0.6) is 0 Å². The van der Waals surface area contributed by atoms with E-state index < -0.39 is 64.5 Å². The van der Waals surface area contributed by atoms with Gasteiger partial charge < -0.3 is 45.6 Å². The molecular formula is C31H52N8O9S. The zero-order chi connectivity index (χ0) is 37.2. The average Bonchev–Trinajstić information content (AvgIpc) is 3.37. The van der Waals surface area contributed by atoms with Crippen LogP contribution in [0.4, 0.5) is 14.7 Å². The van der Waals surface area contributed by atoms with Crippen LogP contribution in [0.3, 0.4) is 0 Å². The molecule has 0 aromatic carbocycles. The van der Waals surface area contributed by atoms with Gasteiger partial charge in [0.05, 0.1) is 6.04 Å². The normalized spacial score (nSPS) is 16.9. The van der Waals surface area contributed by atoms with Gasteiger partial charge in [0.25, 0.3) is 5.91 Å². The van der Waals surface area contributed by atoms with E-state index in [1.807, 2.05) is 0 Å². The van der Waals surface area contributed by atoms with E-state index in [4.69, 9.17) is 19.0 Å². The molecule has 2 heterocycles. The molecule has 1 fully saturated rings. The van der Waals surface area contributed by atoms with Crippen LogP contribution in [0, 0.1) is 0 Å². The van der Waals surface area contributed by atoms with Gasteiger partial charge in [0.15, 0.2) is 10.8 Å². The molecule has 276 valence electrons. The van der Waals surface area contributed by atoms with Crippen molar-refractivity contribution < 1.29 is 43.0 Å². The Labute approximate surface area is 291 Å². The molecule has 0 radical (unpaired) electrons. The SMILES string of the molecule is CC(C)(C)OC(=O)NCCNCCNC[C@H]1NC(=O)[C@H]1NC(=O)C(=NOC(C)(C)C(=O)OC(C)(C)C)c1csc(NC(=O)OC(C)(C)C)n1. The fourth-order valence-corrected chi connectivity index (χ4v) is 4.43. The second kappa shape index (κ2) is 17.1. The molecule has 1 saturated heterocycles. The van der Waals surface area contributed by atoms with Gasteiger partial charge in [0, 0.05) is 38.1 Å². The van der Waals surface area contributed by atoms with Crippen LogP contribution in [0.2, 0.25) is 0 Å². The molecule has 0 bridgehead atoms.